The van der Waals surface area contributed by atoms with Crippen LogP contribution in [-0.4, -0.2) is 21.6 Å². The third kappa shape index (κ3) is 2.97. The molecule has 2 rings (SSSR count). The minimum atomic E-state index is -0.152. The number of anilines is 1. The van der Waals surface area contributed by atoms with Crippen molar-refractivity contribution in [1.82, 2.24) is 9.55 Å². The van der Waals surface area contributed by atoms with Crippen molar-refractivity contribution < 1.29 is 0 Å². The van der Waals surface area contributed by atoms with Gasteiger partial charge in [0, 0.05) is 25.0 Å². The van der Waals surface area contributed by atoms with Gasteiger partial charge in [-0.3, -0.25) is 4.79 Å². The zero-order chi connectivity index (χ0) is 13.9. The first-order valence-corrected chi connectivity index (χ1v) is 7.13. The average molecular weight is 264 g/mol. The van der Waals surface area contributed by atoms with Crippen LogP contribution in [0.25, 0.3) is 0 Å². The second-order valence-electron chi connectivity index (χ2n) is 5.75. The van der Waals surface area contributed by atoms with Gasteiger partial charge in [0.25, 0.3) is 5.56 Å². The number of nitrogens with zero attached hydrogens (tertiary/aromatic N) is 2. The van der Waals surface area contributed by atoms with E-state index in [4.69, 9.17) is 5.73 Å². The Hall–Kier alpha value is -1.36. The van der Waals surface area contributed by atoms with Crippen molar-refractivity contribution in [1.29, 1.82) is 0 Å². The van der Waals surface area contributed by atoms with Gasteiger partial charge in [0.2, 0.25) is 0 Å². The zero-order valence-corrected chi connectivity index (χ0v) is 11.9. The van der Waals surface area contributed by atoms with Crippen LogP contribution in [0.15, 0.2) is 17.2 Å². The largest absolute Gasteiger partial charge is 0.359 e. The standard InChI is InChI=1S/C14H24N4O/c1-11(2)18-9-8-16-12(13(18)19)17-14(10-15)6-4-3-5-7-14/h8-9,11H,3-7,10,15H2,1-2H3,(H,16,17). The molecule has 0 atom stereocenters. The SMILES string of the molecule is CC(C)n1ccnc(NC2(CN)CCCCC2)c1=O. The molecule has 1 heterocycles. The van der Waals surface area contributed by atoms with Crippen molar-refractivity contribution in [2.75, 3.05) is 11.9 Å². The molecule has 0 aliphatic heterocycles. The predicted molar refractivity (Wildman–Crippen MR) is 77.4 cm³/mol. The molecule has 3 N–H and O–H groups in total. The molecular formula is C14H24N4O. The van der Waals surface area contributed by atoms with E-state index in [0.29, 0.717) is 12.4 Å². The molecule has 19 heavy (non-hydrogen) atoms. The Balaban J connectivity index is 2.27. The molecule has 0 amide bonds. The summed E-state index contributed by atoms with van der Waals surface area (Å²) in [5.41, 5.74) is 5.72. The van der Waals surface area contributed by atoms with E-state index in [-0.39, 0.29) is 17.1 Å². The van der Waals surface area contributed by atoms with Crippen molar-refractivity contribution >= 4 is 5.82 Å². The molecule has 1 aliphatic carbocycles. The van der Waals surface area contributed by atoms with Gasteiger partial charge in [0.05, 0.1) is 5.54 Å². The Bertz CT molecular complexity index is 475. The van der Waals surface area contributed by atoms with Crippen LogP contribution in [0.2, 0.25) is 0 Å². The third-order valence-electron chi connectivity index (χ3n) is 4.01. The first-order chi connectivity index (χ1) is 9.08. The van der Waals surface area contributed by atoms with Crippen LogP contribution in [0.4, 0.5) is 5.82 Å². The van der Waals surface area contributed by atoms with Gasteiger partial charge < -0.3 is 15.6 Å². The van der Waals surface area contributed by atoms with E-state index < -0.39 is 0 Å². The minimum absolute atomic E-state index is 0.0594. The summed E-state index contributed by atoms with van der Waals surface area (Å²) in [6.07, 6.45) is 9.01. The highest BCUT2D eigenvalue weighted by Gasteiger charge is 2.31. The van der Waals surface area contributed by atoms with E-state index in [9.17, 15) is 4.79 Å². The highest BCUT2D eigenvalue weighted by Crippen LogP contribution is 2.29. The molecule has 0 radical (unpaired) electrons. The second-order valence-corrected chi connectivity index (χ2v) is 5.75. The molecule has 0 unspecified atom stereocenters. The van der Waals surface area contributed by atoms with Crippen molar-refractivity contribution in [2.45, 2.75) is 57.5 Å². The number of hydrogen-bond acceptors (Lipinski definition) is 4. The lowest BCUT2D eigenvalue weighted by molar-refractivity contribution is 0.329. The molecule has 1 saturated carbocycles. The fraction of sp³-hybridized carbons (Fsp3) is 0.714. The molecule has 1 fully saturated rings. The van der Waals surface area contributed by atoms with Crippen LogP contribution in [0.3, 0.4) is 0 Å². The number of hydrogen-bond donors (Lipinski definition) is 2. The summed E-state index contributed by atoms with van der Waals surface area (Å²) in [5, 5.41) is 3.34. The summed E-state index contributed by atoms with van der Waals surface area (Å²) in [7, 11) is 0. The van der Waals surface area contributed by atoms with Gasteiger partial charge in [0.15, 0.2) is 5.82 Å². The molecular weight excluding hydrogens is 240 g/mol. The van der Waals surface area contributed by atoms with Crippen molar-refractivity contribution in [3.8, 4) is 0 Å². The Kier molecular flexibility index (Phi) is 4.24. The van der Waals surface area contributed by atoms with Gasteiger partial charge in [-0.1, -0.05) is 19.3 Å². The monoisotopic (exact) mass is 264 g/mol. The summed E-state index contributed by atoms with van der Waals surface area (Å²) < 4.78 is 1.70. The first kappa shape index (κ1) is 14.1. The summed E-state index contributed by atoms with van der Waals surface area (Å²) >= 11 is 0. The van der Waals surface area contributed by atoms with Crippen molar-refractivity contribution in [3.63, 3.8) is 0 Å². The lowest BCUT2D eigenvalue weighted by Crippen LogP contribution is -2.48. The molecule has 0 aromatic carbocycles. The first-order valence-electron chi connectivity index (χ1n) is 7.13. The van der Waals surface area contributed by atoms with E-state index >= 15 is 0 Å². The maximum Gasteiger partial charge on any atom is 0.293 e. The lowest BCUT2D eigenvalue weighted by Gasteiger charge is -2.37. The van der Waals surface area contributed by atoms with Gasteiger partial charge in [-0.25, -0.2) is 4.98 Å². The van der Waals surface area contributed by atoms with Crippen molar-refractivity contribution in [3.05, 3.63) is 22.7 Å². The van der Waals surface area contributed by atoms with Crippen molar-refractivity contribution in [2.24, 2.45) is 5.73 Å². The van der Waals surface area contributed by atoms with Crippen LogP contribution in [0.1, 0.15) is 52.0 Å². The normalized spacial score (nSPS) is 18.5. The van der Waals surface area contributed by atoms with Gasteiger partial charge in [-0.05, 0) is 26.7 Å². The highest BCUT2D eigenvalue weighted by atomic mass is 16.1. The zero-order valence-electron chi connectivity index (χ0n) is 11.9. The van der Waals surface area contributed by atoms with Crippen LogP contribution in [0, 0.1) is 0 Å². The topological polar surface area (TPSA) is 72.9 Å². The molecule has 1 aliphatic rings. The lowest BCUT2D eigenvalue weighted by atomic mass is 9.82. The molecule has 106 valence electrons. The van der Waals surface area contributed by atoms with E-state index in [2.05, 4.69) is 10.3 Å². The fourth-order valence-corrected chi connectivity index (χ4v) is 2.78. The predicted octanol–water partition coefficient (Wildman–Crippen LogP) is 1.90. The quantitative estimate of drug-likeness (QED) is 0.871. The molecule has 1 aromatic rings. The van der Waals surface area contributed by atoms with Gasteiger partial charge in [-0.2, -0.15) is 0 Å². The fourth-order valence-electron chi connectivity index (χ4n) is 2.78. The number of nitrogens with one attached hydrogen (secondary N) is 1. The molecule has 0 spiro atoms. The van der Waals surface area contributed by atoms with Crippen LogP contribution >= 0.6 is 0 Å². The van der Waals surface area contributed by atoms with Crippen LogP contribution in [-0.2, 0) is 0 Å². The Labute approximate surface area is 114 Å². The average Bonchev–Trinajstić information content (AvgIpc) is 2.42. The third-order valence-corrected chi connectivity index (χ3v) is 4.01. The summed E-state index contributed by atoms with van der Waals surface area (Å²) in [4.78, 5) is 16.5. The summed E-state index contributed by atoms with van der Waals surface area (Å²) in [6, 6.07) is 0.135. The molecule has 1 aromatic heterocycles. The van der Waals surface area contributed by atoms with Crippen LogP contribution < -0.4 is 16.6 Å². The molecule has 0 saturated heterocycles. The van der Waals surface area contributed by atoms with Gasteiger partial charge >= 0.3 is 0 Å². The Morgan fingerprint density at radius 2 is 2.11 bits per heavy atom. The molecule has 5 heteroatoms. The van der Waals surface area contributed by atoms with Gasteiger partial charge in [0.1, 0.15) is 0 Å². The number of nitrogens with two attached hydrogens (primary N) is 1. The van der Waals surface area contributed by atoms with E-state index in [1.54, 1.807) is 17.0 Å². The van der Waals surface area contributed by atoms with E-state index in [1.807, 2.05) is 13.8 Å². The van der Waals surface area contributed by atoms with Gasteiger partial charge in [-0.15, -0.1) is 0 Å². The number of aromatic nitrogens is 2. The minimum Gasteiger partial charge on any atom is -0.359 e. The molecule has 0 bridgehead atoms. The Morgan fingerprint density at radius 3 is 2.68 bits per heavy atom. The maximum atomic E-state index is 12.3. The maximum absolute atomic E-state index is 12.3. The van der Waals surface area contributed by atoms with E-state index in [1.165, 1.54) is 6.42 Å². The number of rotatable bonds is 4. The van der Waals surface area contributed by atoms with E-state index in [0.717, 1.165) is 25.7 Å². The second kappa shape index (κ2) is 5.74. The molecule has 5 nitrogen and oxygen atoms in total. The summed E-state index contributed by atoms with van der Waals surface area (Å²) in [6.45, 7) is 4.53. The van der Waals surface area contributed by atoms with Crippen LogP contribution in [0.5, 0.6) is 0 Å². The Morgan fingerprint density at radius 1 is 1.42 bits per heavy atom. The summed E-state index contributed by atoms with van der Waals surface area (Å²) in [5.74, 6) is 0.434. The smallest absolute Gasteiger partial charge is 0.293 e. The highest BCUT2D eigenvalue weighted by molar-refractivity contribution is 5.35.